The van der Waals surface area contributed by atoms with Crippen molar-refractivity contribution in [1.82, 2.24) is 15.0 Å². The van der Waals surface area contributed by atoms with Crippen molar-refractivity contribution in [3.05, 3.63) is 66.6 Å². The molecule has 0 radical (unpaired) electrons. The van der Waals surface area contributed by atoms with Gasteiger partial charge in [-0.3, -0.25) is 4.98 Å². The largest absolute Gasteiger partial charge is 0.494 e. The molecule has 2 heterocycles. The number of hydrogen-bond donors (Lipinski definition) is 2. The zero-order valence-electron chi connectivity index (χ0n) is 13.4. The molecule has 1 aromatic carbocycles. The second-order valence-corrected chi connectivity index (χ2v) is 5.06. The predicted molar refractivity (Wildman–Crippen MR) is 94.5 cm³/mol. The van der Waals surface area contributed by atoms with Crippen LogP contribution in [0.25, 0.3) is 0 Å². The quantitative estimate of drug-likeness (QED) is 0.692. The van der Waals surface area contributed by atoms with E-state index in [9.17, 15) is 0 Å². The Balaban J connectivity index is 1.62. The van der Waals surface area contributed by atoms with Crippen LogP contribution in [0.15, 0.2) is 61.1 Å². The first-order valence-electron chi connectivity index (χ1n) is 7.79. The van der Waals surface area contributed by atoms with Crippen LogP contribution in [0.1, 0.15) is 12.5 Å². The molecule has 0 saturated heterocycles. The molecular formula is C18H19N5O. The maximum Gasteiger partial charge on any atom is 0.224 e. The molecule has 0 spiro atoms. The van der Waals surface area contributed by atoms with Crippen molar-refractivity contribution >= 4 is 17.5 Å². The molecule has 2 N–H and O–H groups in total. The summed E-state index contributed by atoms with van der Waals surface area (Å²) in [5.41, 5.74) is 2.07. The van der Waals surface area contributed by atoms with Gasteiger partial charge in [-0.05, 0) is 55.0 Å². The van der Waals surface area contributed by atoms with Crippen LogP contribution < -0.4 is 15.4 Å². The maximum atomic E-state index is 5.44. The number of anilines is 3. The van der Waals surface area contributed by atoms with Crippen molar-refractivity contribution in [1.29, 1.82) is 0 Å². The van der Waals surface area contributed by atoms with E-state index in [-0.39, 0.29) is 0 Å². The van der Waals surface area contributed by atoms with Gasteiger partial charge in [0.1, 0.15) is 11.6 Å². The lowest BCUT2D eigenvalue weighted by Gasteiger charge is -2.09. The molecule has 0 unspecified atom stereocenters. The fraction of sp³-hybridized carbons (Fsp3) is 0.167. The molecule has 0 atom stereocenters. The minimum absolute atomic E-state index is 0.572. The first-order valence-corrected chi connectivity index (χ1v) is 7.79. The average molecular weight is 321 g/mol. The van der Waals surface area contributed by atoms with Gasteiger partial charge in [0, 0.05) is 30.8 Å². The van der Waals surface area contributed by atoms with Crippen molar-refractivity contribution in [2.24, 2.45) is 0 Å². The lowest BCUT2D eigenvalue weighted by atomic mass is 10.3. The van der Waals surface area contributed by atoms with E-state index in [0.29, 0.717) is 19.1 Å². The third-order valence-electron chi connectivity index (χ3n) is 3.29. The summed E-state index contributed by atoms with van der Waals surface area (Å²) in [7, 11) is 0. The highest BCUT2D eigenvalue weighted by atomic mass is 16.5. The Morgan fingerprint density at radius 2 is 1.75 bits per heavy atom. The van der Waals surface area contributed by atoms with Gasteiger partial charge >= 0.3 is 0 Å². The highest BCUT2D eigenvalue weighted by Crippen LogP contribution is 2.19. The Kier molecular flexibility index (Phi) is 5.19. The van der Waals surface area contributed by atoms with Crippen molar-refractivity contribution < 1.29 is 4.74 Å². The topological polar surface area (TPSA) is 72.0 Å². The van der Waals surface area contributed by atoms with E-state index in [0.717, 1.165) is 22.8 Å². The third kappa shape index (κ3) is 4.42. The molecule has 0 fully saturated rings. The second-order valence-electron chi connectivity index (χ2n) is 5.06. The van der Waals surface area contributed by atoms with E-state index < -0.39 is 0 Å². The Labute approximate surface area is 141 Å². The van der Waals surface area contributed by atoms with Gasteiger partial charge in [-0.2, -0.15) is 4.98 Å². The Hall–Kier alpha value is -3.15. The van der Waals surface area contributed by atoms with Gasteiger partial charge in [-0.15, -0.1) is 0 Å². The van der Waals surface area contributed by atoms with E-state index in [2.05, 4.69) is 25.6 Å². The summed E-state index contributed by atoms with van der Waals surface area (Å²) in [6.45, 7) is 3.27. The van der Waals surface area contributed by atoms with Gasteiger partial charge in [0.25, 0.3) is 0 Å². The smallest absolute Gasteiger partial charge is 0.224 e. The molecule has 0 aliphatic carbocycles. The minimum Gasteiger partial charge on any atom is -0.494 e. The van der Waals surface area contributed by atoms with E-state index in [4.69, 9.17) is 4.74 Å². The van der Waals surface area contributed by atoms with E-state index in [1.165, 1.54) is 0 Å². The summed E-state index contributed by atoms with van der Waals surface area (Å²) in [6.07, 6.45) is 5.25. The van der Waals surface area contributed by atoms with Gasteiger partial charge in [-0.1, -0.05) is 0 Å². The number of ether oxygens (including phenoxy) is 1. The number of rotatable bonds is 7. The molecule has 0 amide bonds. The minimum atomic E-state index is 0.572. The number of nitrogens with one attached hydrogen (secondary N) is 2. The SMILES string of the molecule is CCOc1ccc(Nc2ccnc(NCc3ccncc3)n2)cc1. The predicted octanol–water partition coefficient (Wildman–Crippen LogP) is 3.63. The van der Waals surface area contributed by atoms with Crippen LogP contribution >= 0.6 is 0 Å². The van der Waals surface area contributed by atoms with Crippen LogP contribution in [0.4, 0.5) is 17.5 Å². The normalized spacial score (nSPS) is 10.2. The molecule has 122 valence electrons. The molecule has 6 nitrogen and oxygen atoms in total. The number of benzene rings is 1. The fourth-order valence-electron chi connectivity index (χ4n) is 2.14. The van der Waals surface area contributed by atoms with Gasteiger partial charge in [0.05, 0.1) is 6.61 Å². The Morgan fingerprint density at radius 1 is 0.958 bits per heavy atom. The van der Waals surface area contributed by atoms with E-state index >= 15 is 0 Å². The molecule has 0 aliphatic rings. The van der Waals surface area contributed by atoms with Gasteiger partial charge in [-0.25, -0.2) is 4.98 Å². The highest BCUT2D eigenvalue weighted by Gasteiger charge is 2.01. The van der Waals surface area contributed by atoms with Crippen LogP contribution in [0.3, 0.4) is 0 Å². The first kappa shape index (κ1) is 15.7. The second kappa shape index (κ2) is 7.92. The van der Waals surface area contributed by atoms with Crippen LogP contribution in [0.5, 0.6) is 5.75 Å². The van der Waals surface area contributed by atoms with Crippen LogP contribution in [-0.2, 0) is 6.54 Å². The highest BCUT2D eigenvalue weighted by molar-refractivity contribution is 5.57. The maximum absolute atomic E-state index is 5.44. The lowest BCUT2D eigenvalue weighted by molar-refractivity contribution is 0.340. The molecular weight excluding hydrogens is 302 g/mol. The molecule has 24 heavy (non-hydrogen) atoms. The van der Waals surface area contributed by atoms with Crippen LogP contribution in [-0.4, -0.2) is 21.6 Å². The van der Waals surface area contributed by atoms with Crippen molar-refractivity contribution in [2.75, 3.05) is 17.2 Å². The number of aromatic nitrogens is 3. The van der Waals surface area contributed by atoms with Crippen molar-refractivity contribution in [3.8, 4) is 5.75 Å². The summed E-state index contributed by atoms with van der Waals surface area (Å²) < 4.78 is 5.44. The molecule has 0 bridgehead atoms. The molecule has 2 aromatic heterocycles. The molecule has 6 heteroatoms. The van der Waals surface area contributed by atoms with Crippen molar-refractivity contribution in [2.45, 2.75) is 13.5 Å². The van der Waals surface area contributed by atoms with E-state index in [1.807, 2.05) is 49.4 Å². The van der Waals surface area contributed by atoms with Crippen molar-refractivity contribution in [3.63, 3.8) is 0 Å². The molecule has 3 rings (SSSR count). The number of nitrogens with zero attached hydrogens (tertiary/aromatic N) is 3. The fourth-order valence-corrected chi connectivity index (χ4v) is 2.14. The van der Waals surface area contributed by atoms with Crippen LogP contribution in [0.2, 0.25) is 0 Å². The van der Waals surface area contributed by atoms with E-state index in [1.54, 1.807) is 18.6 Å². The Bertz CT molecular complexity index is 762. The zero-order chi connectivity index (χ0) is 16.6. The summed E-state index contributed by atoms with van der Waals surface area (Å²) in [6, 6.07) is 13.5. The monoisotopic (exact) mass is 321 g/mol. The summed E-state index contributed by atoms with van der Waals surface area (Å²) >= 11 is 0. The number of hydrogen-bond acceptors (Lipinski definition) is 6. The number of pyridine rings is 1. The third-order valence-corrected chi connectivity index (χ3v) is 3.29. The van der Waals surface area contributed by atoms with Gasteiger partial charge in [0.15, 0.2) is 0 Å². The first-order chi connectivity index (χ1) is 11.8. The summed E-state index contributed by atoms with van der Waals surface area (Å²) in [4.78, 5) is 12.7. The van der Waals surface area contributed by atoms with Crippen LogP contribution in [0, 0.1) is 0 Å². The average Bonchev–Trinajstić information content (AvgIpc) is 2.63. The summed E-state index contributed by atoms with van der Waals surface area (Å²) in [5, 5.41) is 6.46. The zero-order valence-corrected chi connectivity index (χ0v) is 13.4. The standard InChI is InChI=1S/C18H19N5O/c1-2-24-16-5-3-15(4-6-16)22-17-9-12-20-18(23-17)21-13-14-7-10-19-11-8-14/h3-12H,2,13H2,1H3,(H2,20,21,22,23). The lowest BCUT2D eigenvalue weighted by Crippen LogP contribution is -2.05. The van der Waals surface area contributed by atoms with Gasteiger partial charge < -0.3 is 15.4 Å². The molecule has 0 saturated carbocycles. The molecule has 0 aliphatic heterocycles. The summed E-state index contributed by atoms with van der Waals surface area (Å²) in [5.74, 6) is 2.15. The Morgan fingerprint density at radius 3 is 2.50 bits per heavy atom. The molecule has 3 aromatic rings. The van der Waals surface area contributed by atoms with Gasteiger partial charge in [0.2, 0.25) is 5.95 Å².